The molecule has 38 heavy (non-hydrogen) atoms. The van der Waals surface area contributed by atoms with Crippen LogP contribution in [0.2, 0.25) is 0 Å². The Morgan fingerprint density at radius 1 is 1.16 bits per heavy atom. The summed E-state index contributed by atoms with van der Waals surface area (Å²) in [5, 5.41) is 4.22. The molecule has 2 aromatic rings. The van der Waals surface area contributed by atoms with E-state index in [9.17, 15) is 4.79 Å². The highest BCUT2D eigenvalue weighted by molar-refractivity contribution is 5.86. The molecule has 0 bridgehead atoms. The van der Waals surface area contributed by atoms with Crippen molar-refractivity contribution in [2.24, 2.45) is 17.6 Å². The number of primary amides is 1. The maximum Gasteiger partial charge on any atom is 0.227 e. The number of benzene rings is 1. The summed E-state index contributed by atoms with van der Waals surface area (Å²) in [4.78, 5) is 24.6. The number of allylic oxidation sites excluding steroid dienone is 9. The molecular formula is C33H43N3O2. The molecule has 202 valence electrons. The summed E-state index contributed by atoms with van der Waals surface area (Å²) in [6.45, 7) is 12.5. The van der Waals surface area contributed by atoms with E-state index < -0.39 is 0 Å². The number of fused-ring (bicyclic) bond motifs is 1. The largest absolute Gasteiger partial charge is 0.372 e. The maximum absolute atomic E-state index is 12.6. The summed E-state index contributed by atoms with van der Waals surface area (Å²) in [7, 11) is 0. The molecule has 4 N–H and O–H groups in total. The van der Waals surface area contributed by atoms with Crippen LogP contribution in [0.4, 0.5) is 0 Å². The number of carbonyl (C=O) groups excluding carboxylic acids is 2. The van der Waals surface area contributed by atoms with Crippen molar-refractivity contribution in [2.75, 3.05) is 0 Å². The number of carbonyl (C=O) groups is 2. The normalized spacial score (nSPS) is 18.9. The molecular weight excluding hydrogens is 470 g/mol. The van der Waals surface area contributed by atoms with E-state index in [1.165, 1.54) is 22.1 Å². The van der Waals surface area contributed by atoms with E-state index in [2.05, 4.69) is 92.0 Å². The first-order chi connectivity index (χ1) is 18.3. The second-order valence-electron chi connectivity index (χ2n) is 9.74. The van der Waals surface area contributed by atoms with E-state index in [1.54, 1.807) is 6.08 Å². The molecule has 1 heterocycles. The summed E-state index contributed by atoms with van der Waals surface area (Å²) in [5.41, 5.74) is 10.8. The monoisotopic (exact) mass is 513 g/mol. The Morgan fingerprint density at radius 3 is 2.50 bits per heavy atom. The van der Waals surface area contributed by atoms with Crippen LogP contribution in [0.1, 0.15) is 71.1 Å². The number of hydrogen-bond donors (Lipinski definition) is 3. The SMILES string of the molecule is C=C/C(=C\C=C\c1cc2cc(/C(C)=C/C=C(\C=C/C)CC)ccc2[nH]1)NC(=O)C1CCC(C)CC1.NC=O. The quantitative estimate of drug-likeness (QED) is 0.238. The molecule has 1 aliphatic rings. The van der Waals surface area contributed by atoms with E-state index in [0.717, 1.165) is 54.9 Å². The minimum Gasteiger partial charge on any atom is -0.372 e. The van der Waals surface area contributed by atoms with Gasteiger partial charge in [-0.05, 0) is 105 Å². The predicted octanol–water partition coefficient (Wildman–Crippen LogP) is 7.61. The van der Waals surface area contributed by atoms with Crippen molar-refractivity contribution in [1.29, 1.82) is 0 Å². The number of amides is 2. The average molecular weight is 514 g/mol. The fourth-order valence-corrected chi connectivity index (χ4v) is 4.51. The van der Waals surface area contributed by atoms with E-state index in [4.69, 9.17) is 4.79 Å². The van der Waals surface area contributed by atoms with Crippen LogP contribution in [0.25, 0.3) is 22.6 Å². The third-order valence-corrected chi connectivity index (χ3v) is 6.86. The lowest BCUT2D eigenvalue weighted by atomic mass is 9.82. The zero-order valence-electron chi connectivity index (χ0n) is 23.3. The number of H-pyrrole nitrogens is 1. The highest BCUT2D eigenvalue weighted by Crippen LogP contribution is 2.28. The fraction of sp³-hybridized carbons (Fsp3) is 0.333. The molecule has 0 atom stereocenters. The molecule has 1 aromatic carbocycles. The molecule has 0 spiro atoms. The van der Waals surface area contributed by atoms with Gasteiger partial charge < -0.3 is 16.0 Å². The van der Waals surface area contributed by atoms with Gasteiger partial charge in [0.15, 0.2) is 0 Å². The zero-order chi connectivity index (χ0) is 27.9. The molecule has 0 radical (unpaired) electrons. The Balaban J connectivity index is 0.00000161. The van der Waals surface area contributed by atoms with Crippen LogP contribution in [0.5, 0.6) is 0 Å². The summed E-state index contributed by atoms with van der Waals surface area (Å²) < 4.78 is 0. The van der Waals surface area contributed by atoms with Crippen molar-refractivity contribution in [3.63, 3.8) is 0 Å². The van der Waals surface area contributed by atoms with Crippen LogP contribution < -0.4 is 11.1 Å². The number of rotatable bonds is 9. The Kier molecular flexibility index (Phi) is 12.8. The van der Waals surface area contributed by atoms with Crippen molar-refractivity contribution in [1.82, 2.24) is 10.3 Å². The van der Waals surface area contributed by atoms with Gasteiger partial charge >= 0.3 is 0 Å². The molecule has 5 heteroatoms. The van der Waals surface area contributed by atoms with Crippen LogP contribution in [0.15, 0.2) is 84.6 Å². The molecule has 1 fully saturated rings. The Morgan fingerprint density at radius 2 is 1.87 bits per heavy atom. The van der Waals surface area contributed by atoms with E-state index in [0.29, 0.717) is 0 Å². The summed E-state index contributed by atoms with van der Waals surface area (Å²) in [6.07, 6.45) is 21.7. The van der Waals surface area contributed by atoms with Crippen molar-refractivity contribution in [2.45, 2.75) is 59.8 Å². The van der Waals surface area contributed by atoms with Gasteiger partial charge in [0.05, 0.1) is 0 Å². The smallest absolute Gasteiger partial charge is 0.227 e. The van der Waals surface area contributed by atoms with E-state index in [1.807, 2.05) is 25.2 Å². The number of nitrogens with one attached hydrogen (secondary N) is 2. The number of hydrogen-bond acceptors (Lipinski definition) is 2. The lowest BCUT2D eigenvalue weighted by Crippen LogP contribution is -2.32. The maximum atomic E-state index is 12.6. The van der Waals surface area contributed by atoms with Gasteiger partial charge in [-0.3, -0.25) is 9.59 Å². The van der Waals surface area contributed by atoms with Gasteiger partial charge in [-0.1, -0.05) is 56.9 Å². The minimum atomic E-state index is 0.115. The van der Waals surface area contributed by atoms with Crippen LogP contribution in [0, 0.1) is 11.8 Å². The predicted molar refractivity (Wildman–Crippen MR) is 162 cm³/mol. The Bertz CT molecular complexity index is 1230. The van der Waals surface area contributed by atoms with Gasteiger partial charge in [-0.2, -0.15) is 0 Å². The summed E-state index contributed by atoms with van der Waals surface area (Å²) >= 11 is 0. The first-order valence-electron chi connectivity index (χ1n) is 13.4. The zero-order valence-corrected chi connectivity index (χ0v) is 23.3. The number of aromatic nitrogens is 1. The molecule has 2 amide bonds. The van der Waals surface area contributed by atoms with Crippen LogP contribution in [-0.2, 0) is 9.59 Å². The molecule has 0 saturated heterocycles. The Hall–Kier alpha value is -3.86. The van der Waals surface area contributed by atoms with Crippen molar-refractivity contribution in [3.05, 3.63) is 95.9 Å². The molecule has 1 aliphatic carbocycles. The van der Waals surface area contributed by atoms with Crippen molar-refractivity contribution >= 4 is 34.9 Å². The lowest BCUT2D eigenvalue weighted by Gasteiger charge is -2.25. The van der Waals surface area contributed by atoms with Crippen molar-refractivity contribution < 1.29 is 9.59 Å². The molecule has 0 unspecified atom stereocenters. The first-order valence-corrected chi connectivity index (χ1v) is 13.4. The van der Waals surface area contributed by atoms with Crippen LogP contribution in [0.3, 0.4) is 0 Å². The number of nitrogens with two attached hydrogens (primary N) is 1. The molecule has 1 saturated carbocycles. The van der Waals surface area contributed by atoms with Gasteiger partial charge in [0, 0.05) is 28.2 Å². The molecule has 0 aliphatic heterocycles. The highest BCUT2D eigenvalue weighted by atomic mass is 16.2. The third kappa shape index (κ3) is 9.55. The molecule has 3 rings (SSSR count). The van der Waals surface area contributed by atoms with Crippen molar-refractivity contribution in [3.8, 4) is 0 Å². The fourth-order valence-electron chi connectivity index (χ4n) is 4.51. The first kappa shape index (κ1) is 30.4. The minimum absolute atomic E-state index is 0.115. The second kappa shape index (κ2) is 16.1. The van der Waals surface area contributed by atoms with Crippen LogP contribution >= 0.6 is 0 Å². The summed E-state index contributed by atoms with van der Waals surface area (Å²) in [5.74, 6) is 0.966. The van der Waals surface area contributed by atoms with Gasteiger partial charge in [0.2, 0.25) is 12.3 Å². The van der Waals surface area contributed by atoms with Gasteiger partial charge in [-0.15, -0.1) is 0 Å². The standard InChI is InChI=1S/C32H40N2O.CH3NO/c1-6-10-25(7-2)16-15-24(5)27-19-20-31-28(21-27)22-30(33-31)12-9-11-29(8-3)34-32(35)26-17-13-23(4)14-18-26;2-1-3/h6,8-12,15-16,19-23,26,33H,3,7,13-14,17-18H2,1-2,4-5H3,(H,34,35);1H,(H2,2,3)/b10-6-,12-9+,24-15+,25-16-,29-11+;. The van der Waals surface area contributed by atoms with Gasteiger partial charge in [0.25, 0.3) is 0 Å². The molecule has 5 nitrogen and oxygen atoms in total. The van der Waals surface area contributed by atoms with Gasteiger partial charge in [0.1, 0.15) is 0 Å². The van der Waals surface area contributed by atoms with E-state index in [-0.39, 0.29) is 18.2 Å². The van der Waals surface area contributed by atoms with Crippen LogP contribution in [-0.4, -0.2) is 17.3 Å². The number of aromatic amines is 1. The lowest BCUT2D eigenvalue weighted by molar-refractivity contribution is -0.125. The highest BCUT2D eigenvalue weighted by Gasteiger charge is 2.24. The summed E-state index contributed by atoms with van der Waals surface area (Å²) in [6, 6.07) is 8.66. The third-order valence-electron chi connectivity index (χ3n) is 6.86. The van der Waals surface area contributed by atoms with Gasteiger partial charge in [-0.25, -0.2) is 0 Å². The topological polar surface area (TPSA) is 88.0 Å². The second-order valence-corrected chi connectivity index (χ2v) is 9.74. The molecule has 1 aromatic heterocycles. The van der Waals surface area contributed by atoms with E-state index >= 15 is 0 Å². The Labute approximate surface area is 228 Å². The average Bonchev–Trinajstić information content (AvgIpc) is 3.33.